The summed E-state index contributed by atoms with van der Waals surface area (Å²) in [7, 11) is 1.58. The van der Waals surface area contributed by atoms with Crippen LogP contribution in [-0.2, 0) is 0 Å². The molecule has 0 fully saturated rings. The fraction of sp³-hybridized carbons (Fsp3) is 0.286. The Bertz CT molecular complexity index is 652. The van der Waals surface area contributed by atoms with Gasteiger partial charge < -0.3 is 9.84 Å². The van der Waals surface area contributed by atoms with Crippen molar-refractivity contribution in [1.29, 1.82) is 0 Å². The van der Waals surface area contributed by atoms with E-state index in [-0.39, 0.29) is 11.6 Å². The highest BCUT2D eigenvalue weighted by molar-refractivity contribution is 9.10. The maximum absolute atomic E-state index is 11.4. The molecule has 1 aromatic carbocycles. The van der Waals surface area contributed by atoms with Crippen molar-refractivity contribution in [2.75, 3.05) is 7.11 Å². The number of hydrogen-bond donors (Lipinski definition) is 1. The first kappa shape index (κ1) is 15.0. The van der Waals surface area contributed by atoms with E-state index in [0.29, 0.717) is 10.6 Å². The molecule has 0 unspecified atom stereocenters. The van der Waals surface area contributed by atoms with Crippen LogP contribution in [0, 0.1) is 0 Å². The van der Waals surface area contributed by atoms with Gasteiger partial charge in [0.25, 0.3) is 0 Å². The lowest BCUT2D eigenvalue weighted by Crippen LogP contribution is -2.00. The number of thiazole rings is 1. The minimum absolute atomic E-state index is 0.0904. The Kier molecular flexibility index (Phi) is 4.45. The molecular weight excluding hydrogens is 342 g/mol. The molecule has 4 nitrogen and oxygen atoms in total. The van der Waals surface area contributed by atoms with Crippen LogP contribution < -0.4 is 4.74 Å². The Morgan fingerprint density at radius 1 is 1.45 bits per heavy atom. The predicted molar refractivity (Wildman–Crippen MR) is 82.9 cm³/mol. The van der Waals surface area contributed by atoms with Crippen LogP contribution >= 0.6 is 27.3 Å². The molecule has 0 saturated carbocycles. The Hall–Kier alpha value is -1.40. The number of carbonyl (C=O) groups is 1. The zero-order valence-corrected chi connectivity index (χ0v) is 13.7. The monoisotopic (exact) mass is 355 g/mol. The molecular formula is C14H14BrNO3S. The van der Waals surface area contributed by atoms with Crippen LogP contribution in [0.1, 0.15) is 35.3 Å². The van der Waals surface area contributed by atoms with Crippen LogP contribution in [0.5, 0.6) is 5.75 Å². The molecule has 1 heterocycles. The third-order valence-corrected chi connectivity index (χ3v) is 4.84. The third kappa shape index (κ3) is 2.86. The highest BCUT2D eigenvalue weighted by Gasteiger charge is 2.22. The number of halogens is 1. The van der Waals surface area contributed by atoms with Crippen molar-refractivity contribution in [1.82, 2.24) is 4.98 Å². The smallest absolute Gasteiger partial charge is 0.356 e. The van der Waals surface area contributed by atoms with Crippen molar-refractivity contribution >= 4 is 33.2 Å². The van der Waals surface area contributed by atoms with Crippen LogP contribution in [0.25, 0.3) is 10.4 Å². The molecule has 0 aliphatic rings. The number of carboxylic acid groups (broad SMARTS) is 1. The topological polar surface area (TPSA) is 59.4 Å². The van der Waals surface area contributed by atoms with Gasteiger partial charge in [-0.1, -0.05) is 29.8 Å². The molecule has 2 aromatic rings. The van der Waals surface area contributed by atoms with Gasteiger partial charge in [0.05, 0.1) is 17.0 Å². The molecule has 0 radical (unpaired) electrons. The first-order valence-electron chi connectivity index (χ1n) is 6.02. The van der Waals surface area contributed by atoms with Crippen molar-refractivity contribution in [2.45, 2.75) is 19.8 Å². The van der Waals surface area contributed by atoms with E-state index in [9.17, 15) is 9.90 Å². The van der Waals surface area contributed by atoms with Crippen LogP contribution in [0.15, 0.2) is 22.7 Å². The molecule has 0 spiro atoms. The number of hydrogen-bond acceptors (Lipinski definition) is 4. The molecule has 6 heteroatoms. The van der Waals surface area contributed by atoms with Gasteiger partial charge in [0.1, 0.15) is 5.75 Å². The zero-order chi connectivity index (χ0) is 14.9. The lowest BCUT2D eigenvalue weighted by atomic mass is 10.1. The fourth-order valence-corrected chi connectivity index (χ4v) is 3.38. The first-order chi connectivity index (χ1) is 9.43. The number of ether oxygens (including phenoxy) is 1. The summed E-state index contributed by atoms with van der Waals surface area (Å²) < 4.78 is 6.02. The SMILES string of the molecule is COc1ccc(Br)c(-c2sc(C(C)C)nc2C(=O)O)c1. The Morgan fingerprint density at radius 3 is 2.70 bits per heavy atom. The molecule has 0 aliphatic carbocycles. The highest BCUT2D eigenvalue weighted by Crippen LogP contribution is 2.39. The van der Waals surface area contributed by atoms with Crippen molar-refractivity contribution in [2.24, 2.45) is 0 Å². The summed E-state index contributed by atoms with van der Waals surface area (Å²) in [6, 6.07) is 5.47. The largest absolute Gasteiger partial charge is 0.497 e. The summed E-state index contributed by atoms with van der Waals surface area (Å²) in [6.45, 7) is 3.99. The average molecular weight is 356 g/mol. The van der Waals surface area contributed by atoms with Gasteiger partial charge in [0.2, 0.25) is 0 Å². The summed E-state index contributed by atoms with van der Waals surface area (Å²) in [4.78, 5) is 16.3. The Morgan fingerprint density at radius 2 is 2.15 bits per heavy atom. The summed E-state index contributed by atoms with van der Waals surface area (Å²) in [6.07, 6.45) is 0. The minimum Gasteiger partial charge on any atom is -0.497 e. The van der Waals surface area contributed by atoms with E-state index in [1.807, 2.05) is 32.0 Å². The van der Waals surface area contributed by atoms with Crippen molar-refractivity contribution in [3.8, 4) is 16.2 Å². The average Bonchev–Trinajstić information content (AvgIpc) is 2.84. The van der Waals surface area contributed by atoms with Crippen molar-refractivity contribution in [3.63, 3.8) is 0 Å². The minimum atomic E-state index is -1.02. The molecule has 0 aliphatic heterocycles. The maximum atomic E-state index is 11.4. The molecule has 20 heavy (non-hydrogen) atoms. The number of rotatable bonds is 4. The van der Waals surface area contributed by atoms with E-state index in [1.165, 1.54) is 11.3 Å². The summed E-state index contributed by atoms with van der Waals surface area (Å²) in [5.74, 6) is -0.145. The Balaban J connectivity index is 2.64. The van der Waals surface area contributed by atoms with E-state index in [4.69, 9.17) is 4.74 Å². The summed E-state index contributed by atoms with van der Waals surface area (Å²) >= 11 is 4.86. The molecule has 0 atom stereocenters. The van der Waals surface area contributed by atoms with Gasteiger partial charge >= 0.3 is 5.97 Å². The van der Waals surface area contributed by atoms with E-state index in [0.717, 1.165) is 15.0 Å². The molecule has 2 rings (SSSR count). The van der Waals surface area contributed by atoms with Gasteiger partial charge in [0.15, 0.2) is 5.69 Å². The van der Waals surface area contributed by atoms with Crippen LogP contribution in [0.2, 0.25) is 0 Å². The van der Waals surface area contributed by atoms with Crippen LogP contribution in [0.4, 0.5) is 0 Å². The first-order valence-corrected chi connectivity index (χ1v) is 7.63. The van der Waals surface area contributed by atoms with Gasteiger partial charge in [-0.15, -0.1) is 11.3 Å². The fourth-order valence-electron chi connectivity index (χ4n) is 1.72. The number of methoxy groups -OCH3 is 1. The standard InChI is InChI=1S/C14H14BrNO3S/c1-7(2)13-16-11(14(17)18)12(20-13)9-6-8(19-3)4-5-10(9)15/h4-7H,1-3H3,(H,17,18). The van der Waals surface area contributed by atoms with E-state index in [2.05, 4.69) is 20.9 Å². The Labute approximate surface area is 129 Å². The molecule has 106 valence electrons. The molecule has 1 N–H and O–H groups in total. The van der Waals surface area contributed by atoms with Crippen LogP contribution in [0.3, 0.4) is 0 Å². The summed E-state index contributed by atoms with van der Waals surface area (Å²) in [5.41, 5.74) is 0.874. The number of benzene rings is 1. The number of carboxylic acids is 1. The molecule has 0 bridgehead atoms. The normalized spacial score (nSPS) is 10.8. The molecule has 0 saturated heterocycles. The van der Waals surface area contributed by atoms with Gasteiger partial charge in [-0.25, -0.2) is 9.78 Å². The number of aromatic nitrogens is 1. The van der Waals surface area contributed by atoms with Gasteiger partial charge in [-0.2, -0.15) is 0 Å². The molecule has 1 aromatic heterocycles. The maximum Gasteiger partial charge on any atom is 0.356 e. The molecule has 0 amide bonds. The quantitative estimate of drug-likeness (QED) is 0.882. The van der Waals surface area contributed by atoms with Crippen molar-refractivity contribution < 1.29 is 14.6 Å². The van der Waals surface area contributed by atoms with E-state index in [1.54, 1.807) is 7.11 Å². The second-order valence-electron chi connectivity index (χ2n) is 4.54. The lowest BCUT2D eigenvalue weighted by molar-refractivity contribution is 0.0692. The van der Waals surface area contributed by atoms with Crippen molar-refractivity contribution in [3.05, 3.63) is 33.4 Å². The third-order valence-electron chi connectivity index (χ3n) is 2.76. The lowest BCUT2D eigenvalue weighted by Gasteiger charge is -2.06. The zero-order valence-electron chi connectivity index (χ0n) is 11.3. The summed E-state index contributed by atoms with van der Waals surface area (Å²) in [5, 5.41) is 10.1. The second-order valence-corrected chi connectivity index (χ2v) is 6.42. The van der Waals surface area contributed by atoms with Gasteiger partial charge in [-0.05, 0) is 18.2 Å². The predicted octanol–water partition coefficient (Wildman–Crippen LogP) is 4.40. The van der Waals surface area contributed by atoms with E-state index >= 15 is 0 Å². The van der Waals surface area contributed by atoms with Crippen LogP contribution in [-0.4, -0.2) is 23.2 Å². The number of nitrogens with zero attached hydrogens (tertiary/aromatic N) is 1. The van der Waals surface area contributed by atoms with E-state index < -0.39 is 5.97 Å². The van der Waals surface area contributed by atoms with Gasteiger partial charge in [0, 0.05) is 16.0 Å². The van der Waals surface area contributed by atoms with Gasteiger partial charge in [-0.3, -0.25) is 0 Å². The number of aromatic carboxylic acids is 1. The highest BCUT2D eigenvalue weighted by atomic mass is 79.9. The second kappa shape index (κ2) is 5.93.